The number of aliphatic carboxylic acids is 1. The normalized spacial score (nSPS) is 13.4. The Balaban J connectivity index is 0. The van der Waals surface area contributed by atoms with E-state index in [1.807, 2.05) is 20.8 Å². The van der Waals surface area contributed by atoms with Crippen molar-refractivity contribution in [1.82, 2.24) is 0 Å². The van der Waals surface area contributed by atoms with Gasteiger partial charge in [0, 0.05) is 5.92 Å². The van der Waals surface area contributed by atoms with Gasteiger partial charge in [0.15, 0.2) is 0 Å². The molecular weight excluding hydrogens is 182 g/mol. The summed E-state index contributed by atoms with van der Waals surface area (Å²) in [7, 11) is 0. The highest BCUT2D eigenvalue weighted by Crippen LogP contribution is 1.97. The van der Waals surface area contributed by atoms with Gasteiger partial charge < -0.3 is 10.8 Å². The molecule has 2 atom stereocenters. The highest BCUT2D eigenvalue weighted by atomic mass is 16.4. The Morgan fingerprint density at radius 1 is 1.14 bits per heavy atom. The molecule has 2 unspecified atom stereocenters. The number of amides is 1. The van der Waals surface area contributed by atoms with E-state index in [0.717, 1.165) is 12.8 Å². The number of carboxylic acid groups (broad SMARTS) is 1. The van der Waals surface area contributed by atoms with Gasteiger partial charge in [-0.05, 0) is 12.8 Å². The molecule has 1 amide bonds. The van der Waals surface area contributed by atoms with Crippen molar-refractivity contribution in [3.8, 4) is 0 Å². The highest BCUT2D eigenvalue weighted by molar-refractivity contribution is 5.76. The van der Waals surface area contributed by atoms with Gasteiger partial charge in [-0.1, -0.05) is 27.7 Å². The van der Waals surface area contributed by atoms with Gasteiger partial charge in [-0.2, -0.15) is 0 Å². The van der Waals surface area contributed by atoms with Crippen LogP contribution in [0, 0.1) is 11.8 Å². The summed E-state index contributed by atoms with van der Waals surface area (Å²) in [5.41, 5.74) is 4.91. The van der Waals surface area contributed by atoms with Crippen molar-refractivity contribution in [1.29, 1.82) is 0 Å². The maximum absolute atomic E-state index is 10.2. The zero-order valence-corrected chi connectivity index (χ0v) is 9.41. The maximum atomic E-state index is 10.2. The highest BCUT2D eigenvalue weighted by Gasteiger charge is 2.05. The number of hydrogen-bond donors (Lipinski definition) is 2. The first-order valence-electron chi connectivity index (χ1n) is 4.88. The Labute approximate surface area is 85.5 Å². The van der Waals surface area contributed by atoms with Crippen molar-refractivity contribution in [2.24, 2.45) is 17.6 Å². The van der Waals surface area contributed by atoms with Crippen molar-refractivity contribution in [2.75, 3.05) is 0 Å². The lowest BCUT2D eigenvalue weighted by Crippen LogP contribution is -2.19. The summed E-state index contributed by atoms with van der Waals surface area (Å²) >= 11 is 0. The molecule has 0 aliphatic carbocycles. The third-order valence-corrected chi connectivity index (χ3v) is 2.13. The van der Waals surface area contributed by atoms with E-state index in [0.29, 0.717) is 0 Å². The maximum Gasteiger partial charge on any atom is 0.306 e. The van der Waals surface area contributed by atoms with E-state index in [2.05, 4.69) is 0 Å². The van der Waals surface area contributed by atoms with Crippen LogP contribution in [0.15, 0.2) is 0 Å². The largest absolute Gasteiger partial charge is 0.481 e. The molecule has 84 valence electrons. The van der Waals surface area contributed by atoms with Gasteiger partial charge in [-0.3, -0.25) is 9.59 Å². The number of hydrogen-bond acceptors (Lipinski definition) is 2. The van der Waals surface area contributed by atoms with Crippen LogP contribution in [-0.4, -0.2) is 17.0 Å². The third-order valence-electron chi connectivity index (χ3n) is 2.13. The van der Waals surface area contributed by atoms with Gasteiger partial charge in [0.05, 0.1) is 5.92 Å². The van der Waals surface area contributed by atoms with Gasteiger partial charge in [-0.25, -0.2) is 0 Å². The second-order valence-electron chi connectivity index (χ2n) is 3.36. The summed E-state index contributed by atoms with van der Waals surface area (Å²) in [5, 5.41) is 8.18. The quantitative estimate of drug-likeness (QED) is 0.728. The monoisotopic (exact) mass is 203 g/mol. The molecule has 0 saturated carbocycles. The summed E-state index contributed by atoms with van der Waals surface area (Å²) in [6, 6.07) is 0. The second-order valence-corrected chi connectivity index (χ2v) is 3.36. The lowest BCUT2D eigenvalue weighted by atomic mass is 10.1. The van der Waals surface area contributed by atoms with Crippen LogP contribution < -0.4 is 5.73 Å². The SMILES string of the molecule is CCC(C)C(=O)O.CCC(C)C(N)=O. The molecule has 0 aromatic rings. The van der Waals surface area contributed by atoms with Crippen molar-refractivity contribution in [3.05, 3.63) is 0 Å². The molecule has 0 aromatic carbocycles. The molecule has 0 aromatic heterocycles. The molecule has 0 bridgehead atoms. The molecule has 0 spiro atoms. The number of carboxylic acids is 1. The molecule has 0 saturated heterocycles. The minimum atomic E-state index is -0.706. The van der Waals surface area contributed by atoms with Crippen molar-refractivity contribution in [3.63, 3.8) is 0 Å². The molecule has 14 heavy (non-hydrogen) atoms. The minimum absolute atomic E-state index is 0.0417. The predicted molar refractivity (Wildman–Crippen MR) is 55.7 cm³/mol. The van der Waals surface area contributed by atoms with E-state index in [1.165, 1.54) is 0 Å². The molecular formula is C10H21NO3. The van der Waals surface area contributed by atoms with Crippen LogP contribution in [0.1, 0.15) is 40.5 Å². The van der Waals surface area contributed by atoms with E-state index < -0.39 is 5.97 Å². The average Bonchev–Trinajstić information content (AvgIpc) is 2.15. The fourth-order valence-electron chi connectivity index (χ4n) is 0.376. The summed E-state index contributed by atoms with van der Waals surface area (Å²) in [6.07, 6.45) is 1.56. The van der Waals surface area contributed by atoms with Gasteiger partial charge >= 0.3 is 5.97 Å². The average molecular weight is 203 g/mol. The Morgan fingerprint density at radius 2 is 1.50 bits per heavy atom. The van der Waals surface area contributed by atoms with Crippen LogP contribution in [0.4, 0.5) is 0 Å². The van der Waals surface area contributed by atoms with Crippen LogP contribution in [0.5, 0.6) is 0 Å². The lowest BCUT2D eigenvalue weighted by Gasteiger charge is -1.98. The molecule has 0 aliphatic heterocycles. The second kappa shape index (κ2) is 8.53. The summed E-state index contributed by atoms with van der Waals surface area (Å²) in [6.45, 7) is 7.32. The van der Waals surface area contributed by atoms with Gasteiger partial charge in [0.1, 0.15) is 0 Å². The van der Waals surface area contributed by atoms with E-state index in [1.54, 1.807) is 6.92 Å². The van der Waals surface area contributed by atoms with Crippen LogP contribution in [0.2, 0.25) is 0 Å². The van der Waals surface area contributed by atoms with Crippen LogP contribution in [-0.2, 0) is 9.59 Å². The molecule has 0 heterocycles. The zero-order valence-electron chi connectivity index (χ0n) is 9.41. The molecule has 0 rings (SSSR count). The Kier molecular flexibility index (Phi) is 9.40. The Bertz CT molecular complexity index is 160. The topological polar surface area (TPSA) is 80.4 Å². The van der Waals surface area contributed by atoms with Crippen molar-refractivity contribution in [2.45, 2.75) is 40.5 Å². The molecule has 0 radical (unpaired) electrons. The number of primary amides is 1. The fraction of sp³-hybridized carbons (Fsp3) is 0.800. The number of carbonyl (C=O) groups excluding carboxylic acids is 1. The van der Waals surface area contributed by atoms with E-state index in [9.17, 15) is 9.59 Å². The first-order chi connectivity index (χ1) is 6.36. The molecule has 4 nitrogen and oxygen atoms in total. The van der Waals surface area contributed by atoms with Gasteiger partial charge in [0.25, 0.3) is 0 Å². The Hall–Kier alpha value is -1.06. The third kappa shape index (κ3) is 9.03. The van der Waals surface area contributed by atoms with Crippen molar-refractivity contribution >= 4 is 11.9 Å². The molecule has 0 fully saturated rings. The number of nitrogens with two attached hydrogens (primary N) is 1. The number of carbonyl (C=O) groups is 2. The van der Waals surface area contributed by atoms with E-state index in [4.69, 9.17) is 10.8 Å². The molecule has 4 heteroatoms. The molecule has 0 aliphatic rings. The minimum Gasteiger partial charge on any atom is -0.481 e. The summed E-state index contributed by atoms with van der Waals surface area (Å²) < 4.78 is 0. The predicted octanol–water partition coefficient (Wildman–Crippen LogP) is 1.63. The van der Waals surface area contributed by atoms with Gasteiger partial charge in [0.2, 0.25) is 5.91 Å². The van der Waals surface area contributed by atoms with Gasteiger partial charge in [-0.15, -0.1) is 0 Å². The molecule has 3 N–H and O–H groups in total. The van der Waals surface area contributed by atoms with Crippen LogP contribution in [0.3, 0.4) is 0 Å². The van der Waals surface area contributed by atoms with E-state index in [-0.39, 0.29) is 17.7 Å². The standard InChI is InChI=1S/C5H11NO.C5H10O2/c2*1-3-4(2)5(6)7/h4H,3H2,1-2H3,(H2,6,7);4H,3H2,1-2H3,(H,6,7). The number of rotatable bonds is 4. The Morgan fingerprint density at radius 3 is 1.50 bits per heavy atom. The fourth-order valence-corrected chi connectivity index (χ4v) is 0.376. The summed E-state index contributed by atoms with van der Waals surface area (Å²) in [5.74, 6) is -1.05. The summed E-state index contributed by atoms with van der Waals surface area (Å²) in [4.78, 5) is 20.1. The lowest BCUT2D eigenvalue weighted by molar-refractivity contribution is -0.141. The first kappa shape index (κ1) is 15.4. The first-order valence-corrected chi connectivity index (χ1v) is 4.88. The van der Waals surface area contributed by atoms with E-state index >= 15 is 0 Å². The zero-order chi connectivity index (χ0) is 11.7. The van der Waals surface area contributed by atoms with Crippen molar-refractivity contribution < 1.29 is 14.7 Å². The van der Waals surface area contributed by atoms with Crippen LogP contribution >= 0.6 is 0 Å². The van der Waals surface area contributed by atoms with Crippen LogP contribution in [0.25, 0.3) is 0 Å². The smallest absolute Gasteiger partial charge is 0.306 e.